The van der Waals surface area contributed by atoms with Crippen LogP contribution in [0.2, 0.25) is 0 Å². The molecule has 1 spiro atoms. The van der Waals surface area contributed by atoms with E-state index in [1.165, 1.54) is 18.4 Å². The third kappa shape index (κ3) is 4.64. The highest BCUT2D eigenvalue weighted by atomic mass is 19.1. The molecule has 1 saturated heterocycles. The number of rotatable bonds is 6. The highest BCUT2D eigenvalue weighted by Gasteiger charge is 2.50. The van der Waals surface area contributed by atoms with Crippen molar-refractivity contribution in [3.8, 4) is 11.4 Å². The SMILES string of the molecule is CC1(C)COC2(CCN(c3nc(C(=O)O)co3)CC2)c2c1n(-c1ccc(F)cc1)c1cccc(OCc3ccccc3)c21. The zero-order chi connectivity index (χ0) is 29.8. The van der Waals surface area contributed by atoms with Crippen LogP contribution in [0.4, 0.5) is 10.4 Å². The van der Waals surface area contributed by atoms with Gasteiger partial charge in [-0.15, -0.1) is 0 Å². The first-order valence-corrected chi connectivity index (χ1v) is 14.4. The number of piperidine rings is 1. The zero-order valence-corrected chi connectivity index (χ0v) is 24.0. The lowest BCUT2D eigenvalue weighted by atomic mass is 9.74. The number of benzene rings is 3. The van der Waals surface area contributed by atoms with E-state index in [2.05, 4.69) is 29.5 Å². The maximum Gasteiger partial charge on any atom is 0.357 e. The van der Waals surface area contributed by atoms with E-state index in [-0.39, 0.29) is 16.9 Å². The molecule has 1 fully saturated rings. The molecule has 4 heterocycles. The molecule has 0 unspecified atom stereocenters. The number of fused-ring (bicyclic) bond motifs is 4. The van der Waals surface area contributed by atoms with Crippen molar-refractivity contribution in [1.29, 1.82) is 0 Å². The van der Waals surface area contributed by atoms with Crippen LogP contribution in [0.1, 0.15) is 54.0 Å². The predicted molar refractivity (Wildman–Crippen MR) is 160 cm³/mol. The fraction of sp³-hybridized carbons (Fsp3) is 0.294. The Morgan fingerprint density at radius 2 is 1.77 bits per heavy atom. The second kappa shape index (κ2) is 10.3. The molecule has 0 radical (unpaired) electrons. The van der Waals surface area contributed by atoms with Gasteiger partial charge in [0, 0.05) is 40.8 Å². The quantitative estimate of drug-likeness (QED) is 0.235. The summed E-state index contributed by atoms with van der Waals surface area (Å²) in [5.41, 5.74) is 4.02. The first-order valence-electron chi connectivity index (χ1n) is 14.4. The number of carboxylic acids is 1. The zero-order valence-electron chi connectivity index (χ0n) is 24.0. The first-order chi connectivity index (χ1) is 20.8. The normalized spacial score (nSPS) is 17.2. The summed E-state index contributed by atoms with van der Waals surface area (Å²) in [6, 6.07) is 23.1. The minimum Gasteiger partial charge on any atom is -0.488 e. The highest BCUT2D eigenvalue weighted by Crippen LogP contribution is 2.53. The number of oxazole rings is 1. The number of hydrogen-bond donors (Lipinski definition) is 1. The smallest absolute Gasteiger partial charge is 0.357 e. The van der Waals surface area contributed by atoms with Crippen molar-refractivity contribution >= 4 is 22.9 Å². The van der Waals surface area contributed by atoms with Gasteiger partial charge in [0.1, 0.15) is 24.4 Å². The maximum absolute atomic E-state index is 14.1. The highest BCUT2D eigenvalue weighted by molar-refractivity contribution is 5.94. The molecule has 43 heavy (non-hydrogen) atoms. The molecule has 0 aliphatic carbocycles. The molecule has 0 atom stereocenters. The average Bonchev–Trinajstić information content (AvgIpc) is 3.65. The molecule has 2 aliphatic rings. The molecule has 7 rings (SSSR count). The van der Waals surface area contributed by atoms with Crippen molar-refractivity contribution < 1.29 is 28.2 Å². The van der Waals surface area contributed by atoms with Gasteiger partial charge in [-0.2, -0.15) is 4.98 Å². The van der Waals surface area contributed by atoms with Gasteiger partial charge in [-0.1, -0.05) is 50.2 Å². The summed E-state index contributed by atoms with van der Waals surface area (Å²) in [4.78, 5) is 17.5. The largest absolute Gasteiger partial charge is 0.488 e. The number of halogens is 1. The molecule has 0 bridgehead atoms. The molecular weight excluding hydrogens is 549 g/mol. The van der Waals surface area contributed by atoms with Crippen molar-refractivity contribution in [1.82, 2.24) is 9.55 Å². The van der Waals surface area contributed by atoms with E-state index in [0.717, 1.165) is 39.2 Å². The fourth-order valence-electron chi connectivity index (χ4n) is 6.53. The Labute approximate surface area is 248 Å². The van der Waals surface area contributed by atoms with E-state index in [4.69, 9.17) is 13.9 Å². The molecular formula is C34H32FN3O5. The predicted octanol–water partition coefficient (Wildman–Crippen LogP) is 6.84. The fourth-order valence-corrected chi connectivity index (χ4v) is 6.53. The molecule has 0 amide bonds. The lowest BCUT2D eigenvalue weighted by molar-refractivity contribution is -0.0987. The number of aromatic carboxylic acids is 1. The third-order valence-corrected chi connectivity index (χ3v) is 8.64. The van der Waals surface area contributed by atoms with E-state index in [0.29, 0.717) is 45.2 Å². The van der Waals surface area contributed by atoms with Gasteiger partial charge in [-0.25, -0.2) is 9.18 Å². The van der Waals surface area contributed by atoms with Crippen LogP contribution in [0.5, 0.6) is 5.75 Å². The molecule has 1 N–H and O–H groups in total. The summed E-state index contributed by atoms with van der Waals surface area (Å²) in [6.07, 6.45) is 2.44. The Hall–Kier alpha value is -4.63. The van der Waals surface area contributed by atoms with Crippen LogP contribution in [0.25, 0.3) is 16.6 Å². The molecule has 220 valence electrons. The van der Waals surface area contributed by atoms with E-state index in [9.17, 15) is 14.3 Å². The monoisotopic (exact) mass is 581 g/mol. The summed E-state index contributed by atoms with van der Waals surface area (Å²) in [5, 5.41) is 10.3. The van der Waals surface area contributed by atoms with Gasteiger partial charge in [0.05, 0.1) is 17.7 Å². The second-order valence-electron chi connectivity index (χ2n) is 11.9. The maximum atomic E-state index is 14.1. The van der Waals surface area contributed by atoms with Crippen LogP contribution in [0.3, 0.4) is 0 Å². The molecule has 8 nitrogen and oxygen atoms in total. The molecule has 0 saturated carbocycles. The Morgan fingerprint density at radius 1 is 1.02 bits per heavy atom. The summed E-state index contributed by atoms with van der Waals surface area (Å²) in [7, 11) is 0. The Morgan fingerprint density at radius 3 is 2.47 bits per heavy atom. The van der Waals surface area contributed by atoms with Crippen LogP contribution in [0.15, 0.2) is 83.5 Å². The number of anilines is 1. The van der Waals surface area contributed by atoms with Gasteiger partial charge in [0.15, 0.2) is 5.69 Å². The Bertz CT molecular complexity index is 1800. The third-order valence-electron chi connectivity index (χ3n) is 8.64. The van der Waals surface area contributed by atoms with Gasteiger partial charge < -0.3 is 28.5 Å². The first kappa shape index (κ1) is 27.2. The summed E-state index contributed by atoms with van der Waals surface area (Å²) >= 11 is 0. The number of aromatic nitrogens is 2. The number of nitrogens with zero attached hydrogens (tertiary/aromatic N) is 3. The lowest BCUT2D eigenvalue weighted by Gasteiger charge is -2.48. The Balaban J connectivity index is 1.38. The van der Waals surface area contributed by atoms with E-state index >= 15 is 0 Å². The number of hydrogen-bond acceptors (Lipinski definition) is 6. The van der Waals surface area contributed by atoms with Gasteiger partial charge in [-0.3, -0.25) is 0 Å². The summed E-state index contributed by atoms with van der Waals surface area (Å²) in [6.45, 7) is 6.40. The van der Waals surface area contributed by atoms with Crippen LogP contribution in [0, 0.1) is 5.82 Å². The second-order valence-corrected chi connectivity index (χ2v) is 11.9. The van der Waals surface area contributed by atoms with Crippen molar-refractivity contribution in [2.75, 3.05) is 24.6 Å². The van der Waals surface area contributed by atoms with Gasteiger partial charge >= 0.3 is 5.97 Å². The van der Waals surface area contributed by atoms with Gasteiger partial charge in [-0.05, 0) is 54.8 Å². The van der Waals surface area contributed by atoms with E-state index < -0.39 is 11.6 Å². The van der Waals surface area contributed by atoms with Crippen LogP contribution in [-0.4, -0.2) is 40.3 Å². The molecule has 5 aromatic rings. The number of carboxylic acid groups (broad SMARTS) is 1. The Kier molecular flexibility index (Phi) is 6.50. The number of carbonyl (C=O) groups is 1. The summed E-state index contributed by atoms with van der Waals surface area (Å²) < 4.78 is 35.2. The molecule has 2 aromatic heterocycles. The van der Waals surface area contributed by atoms with Gasteiger partial charge in [0.25, 0.3) is 6.01 Å². The topological polar surface area (TPSA) is 90.0 Å². The van der Waals surface area contributed by atoms with Crippen LogP contribution in [-0.2, 0) is 22.4 Å². The minimum absolute atomic E-state index is 0.115. The van der Waals surface area contributed by atoms with Crippen LogP contribution >= 0.6 is 0 Å². The van der Waals surface area contributed by atoms with Crippen molar-refractivity contribution in [3.05, 3.63) is 107 Å². The molecule has 2 aliphatic heterocycles. The number of ether oxygens (including phenoxy) is 2. The molecule has 9 heteroatoms. The van der Waals surface area contributed by atoms with E-state index in [1.807, 2.05) is 59.5 Å². The van der Waals surface area contributed by atoms with E-state index in [1.54, 1.807) is 0 Å². The standard InChI is InChI=1S/C34H32FN3O5/c1-33(2)21-43-34(15-17-37(18-16-34)32-36-25(20-42-32)31(39)40)29-28-26(38(30(29)33)24-13-11-23(35)12-14-24)9-6-10-27(28)41-19-22-7-4-3-5-8-22/h3-14,20H,15-19,21H2,1-2H3,(H,39,40). The summed E-state index contributed by atoms with van der Waals surface area (Å²) in [5.74, 6) is -0.645. The lowest BCUT2D eigenvalue weighted by Crippen LogP contribution is -2.50. The van der Waals surface area contributed by atoms with Gasteiger partial charge in [0.2, 0.25) is 0 Å². The van der Waals surface area contributed by atoms with Crippen molar-refractivity contribution in [3.63, 3.8) is 0 Å². The minimum atomic E-state index is -1.12. The molecule has 3 aromatic carbocycles. The van der Waals surface area contributed by atoms with Crippen LogP contribution < -0.4 is 9.64 Å². The van der Waals surface area contributed by atoms with Crippen molar-refractivity contribution in [2.24, 2.45) is 0 Å². The van der Waals surface area contributed by atoms with Crippen molar-refractivity contribution in [2.45, 2.75) is 44.3 Å². The average molecular weight is 582 g/mol.